The number of sulfonamides is 1. The van der Waals surface area contributed by atoms with Crippen LogP contribution in [0.4, 0.5) is 0 Å². The highest BCUT2D eigenvalue weighted by atomic mass is 35.5. The summed E-state index contributed by atoms with van der Waals surface area (Å²) < 4.78 is 35.8. The molecule has 10 heteroatoms. The summed E-state index contributed by atoms with van der Waals surface area (Å²) in [6.07, 6.45) is 0.611. The lowest BCUT2D eigenvalue weighted by molar-refractivity contribution is 0.405. The first kappa shape index (κ1) is 19.6. The average molecular weight is 365 g/mol. The third-order valence-corrected chi connectivity index (χ3v) is 4.98. The largest absolute Gasteiger partial charge is 0.448 e. The van der Waals surface area contributed by atoms with Gasteiger partial charge in [0.05, 0.1) is 5.56 Å². The van der Waals surface area contributed by atoms with Crippen molar-refractivity contribution in [3.05, 3.63) is 17.7 Å². The van der Waals surface area contributed by atoms with Crippen molar-refractivity contribution in [2.24, 2.45) is 0 Å². The Hall–Kier alpha value is -1.42. The van der Waals surface area contributed by atoms with Gasteiger partial charge in [0.25, 0.3) is 15.9 Å². The summed E-state index contributed by atoms with van der Waals surface area (Å²) >= 11 is 0. The van der Waals surface area contributed by atoms with Gasteiger partial charge in [-0.1, -0.05) is 5.16 Å². The molecule has 8 nitrogen and oxygen atoms in total. The molecule has 130 valence electrons. The monoisotopic (exact) mass is 364 g/mol. The molecule has 2 aromatic rings. The molecule has 0 spiro atoms. The average Bonchev–Trinajstić information content (AvgIpc) is 3.05. The van der Waals surface area contributed by atoms with Crippen LogP contribution in [0.2, 0.25) is 0 Å². The van der Waals surface area contributed by atoms with Gasteiger partial charge in [-0.05, 0) is 20.9 Å². The van der Waals surface area contributed by atoms with E-state index in [0.29, 0.717) is 23.6 Å². The van der Waals surface area contributed by atoms with Gasteiger partial charge in [0.2, 0.25) is 5.09 Å². The van der Waals surface area contributed by atoms with E-state index in [1.165, 1.54) is 20.2 Å². The second-order valence-electron chi connectivity index (χ2n) is 5.23. The van der Waals surface area contributed by atoms with E-state index in [1.54, 1.807) is 6.92 Å². The maximum atomic E-state index is 12.1. The summed E-state index contributed by atoms with van der Waals surface area (Å²) in [4.78, 5) is 4.28. The molecule has 0 fully saturated rings. The van der Waals surface area contributed by atoms with E-state index in [2.05, 4.69) is 15.5 Å². The van der Waals surface area contributed by atoms with Gasteiger partial charge < -0.3 is 14.3 Å². The minimum absolute atomic E-state index is 0. The zero-order chi connectivity index (χ0) is 16.5. The Morgan fingerprint density at radius 1 is 1.39 bits per heavy atom. The van der Waals surface area contributed by atoms with Gasteiger partial charge in [-0.25, -0.2) is 12.7 Å². The predicted molar refractivity (Wildman–Crippen MR) is 87.1 cm³/mol. The standard InChI is InChI=1S/C13H20N4O4S.ClH/c1-8(14-3)6-11-15-13(21-16-11)10-7-12(20-9(10)2)22(18,19)17(4)5;/h7-8,14H,6H2,1-5H3;1H. The van der Waals surface area contributed by atoms with Crippen LogP contribution in [-0.4, -0.2) is 50.0 Å². The first-order chi connectivity index (χ1) is 10.3. The van der Waals surface area contributed by atoms with Crippen molar-refractivity contribution in [1.29, 1.82) is 0 Å². The number of hydrogen-bond donors (Lipinski definition) is 1. The number of nitrogens with one attached hydrogen (secondary N) is 1. The predicted octanol–water partition coefficient (Wildman–Crippen LogP) is 1.46. The van der Waals surface area contributed by atoms with Gasteiger partial charge in [-0.3, -0.25) is 0 Å². The van der Waals surface area contributed by atoms with Gasteiger partial charge in [0.15, 0.2) is 5.82 Å². The maximum Gasteiger partial charge on any atom is 0.275 e. The lowest BCUT2D eigenvalue weighted by atomic mass is 10.2. The molecule has 2 rings (SSSR count). The van der Waals surface area contributed by atoms with E-state index in [4.69, 9.17) is 8.94 Å². The van der Waals surface area contributed by atoms with Crippen molar-refractivity contribution < 1.29 is 17.4 Å². The van der Waals surface area contributed by atoms with Crippen molar-refractivity contribution in [3.63, 3.8) is 0 Å². The molecule has 0 amide bonds. The van der Waals surface area contributed by atoms with E-state index in [0.717, 1.165) is 4.31 Å². The highest BCUT2D eigenvalue weighted by Crippen LogP contribution is 2.28. The Morgan fingerprint density at radius 2 is 2.04 bits per heavy atom. The van der Waals surface area contributed by atoms with Crippen LogP contribution in [0.5, 0.6) is 0 Å². The fraction of sp³-hybridized carbons (Fsp3) is 0.538. The molecule has 23 heavy (non-hydrogen) atoms. The number of furan rings is 1. The second-order valence-corrected chi connectivity index (χ2v) is 7.32. The van der Waals surface area contributed by atoms with E-state index in [1.807, 2.05) is 14.0 Å². The summed E-state index contributed by atoms with van der Waals surface area (Å²) in [5.41, 5.74) is 0.483. The highest BCUT2D eigenvalue weighted by molar-refractivity contribution is 7.88. The van der Waals surface area contributed by atoms with Crippen LogP contribution in [0.15, 0.2) is 20.1 Å². The number of rotatable bonds is 6. The fourth-order valence-corrected chi connectivity index (χ4v) is 2.65. The van der Waals surface area contributed by atoms with Crippen molar-refractivity contribution in [2.75, 3.05) is 21.1 Å². The number of halogens is 1. The molecule has 1 unspecified atom stereocenters. The molecule has 0 aliphatic rings. The molecule has 0 bridgehead atoms. The number of nitrogens with zero attached hydrogens (tertiary/aromatic N) is 3. The number of hydrogen-bond acceptors (Lipinski definition) is 7. The van der Waals surface area contributed by atoms with Gasteiger partial charge >= 0.3 is 0 Å². The van der Waals surface area contributed by atoms with Crippen LogP contribution in [0.1, 0.15) is 18.5 Å². The molecular formula is C13H21ClN4O4S. The number of aryl methyl sites for hydroxylation is 1. The smallest absolute Gasteiger partial charge is 0.275 e. The summed E-state index contributed by atoms with van der Waals surface area (Å²) in [5, 5.41) is 6.84. The molecule has 0 saturated carbocycles. The molecule has 0 saturated heterocycles. The van der Waals surface area contributed by atoms with Crippen molar-refractivity contribution in [2.45, 2.75) is 31.4 Å². The van der Waals surface area contributed by atoms with Gasteiger partial charge in [-0.2, -0.15) is 4.98 Å². The van der Waals surface area contributed by atoms with Crippen molar-refractivity contribution in [1.82, 2.24) is 19.8 Å². The first-order valence-corrected chi connectivity index (χ1v) is 8.23. The van der Waals surface area contributed by atoms with Crippen LogP contribution >= 0.6 is 12.4 Å². The minimum Gasteiger partial charge on any atom is -0.448 e. The Kier molecular flexibility index (Phi) is 6.34. The van der Waals surface area contributed by atoms with E-state index in [9.17, 15) is 8.42 Å². The molecule has 0 aromatic carbocycles. The lowest BCUT2D eigenvalue weighted by Gasteiger charge is -2.07. The molecular weight excluding hydrogens is 344 g/mol. The third-order valence-electron chi connectivity index (χ3n) is 3.31. The first-order valence-electron chi connectivity index (χ1n) is 6.79. The second kappa shape index (κ2) is 7.43. The Labute approximate surface area is 141 Å². The Morgan fingerprint density at radius 3 is 2.61 bits per heavy atom. The van der Waals surface area contributed by atoms with Gasteiger partial charge in [0, 0.05) is 32.6 Å². The van der Waals surface area contributed by atoms with Crippen LogP contribution < -0.4 is 5.32 Å². The summed E-state index contributed by atoms with van der Waals surface area (Å²) in [6.45, 7) is 3.66. The van der Waals surface area contributed by atoms with Crippen molar-refractivity contribution >= 4 is 22.4 Å². The van der Waals surface area contributed by atoms with Gasteiger partial charge in [0.1, 0.15) is 5.76 Å². The minimum atomic E-state index is -3.64. The van der Waals surface area contributed by atoms with E-state index < -0.39 is 10.0 Å². The fourth-order valence-electron chi connectivity index (χ4n) is 1.80. The molecule has 2 aromatic heterocycles. The van der Waals surface area contributed by atoms with Crippen LogP contribution in [0.3, 0.4) is 0 Å². The zero-order valence-electron chi connectivity index (χ0n) is 13.7. The number of aromatic nitrogens is 2. The number of likely N-dealkylation sites (N-methyl/N-ethyl adjacent to an activating group) is 1. The SMILES string of the molecule is CNC(C)Cc1noc(-c2cc(S(=O)(=O)N(C)C)oc2C)n1.Cl. The Bertz CT molecular complexity index is 754. The summed E-state index contributed by atoms with van der Waals surface area (Å²) in [7, 11) is 1.10. The molecule has 0 radical (unpaired) electrons. The topological polar surface area (TPSA) is 101 Å². The summed E-state index contributed by atoms with van der Waals surface area (Å²) in [6, 6.07) is 1.62. The lowest BCUT2D eigenvalue weighted by Crippen LogP contribution is -2.24. The zero-order valence-corrected chi connectivity index (χ0v) is 15.3. The molecule has 1 N–H and O–H groups in total. The highest BCUT2D eigenvalue weighted by Gasteiger charge is 2.25. The third kappa shape index (κ3) is 4.11. The maximum absolute atomic E-state index is 12.1. The van der Waals surface area contributed by atoms with E-state index >= 15 is 0 Å². The quantitative estimate of drug-likeness (QED) is 0.827. The molecule has 0 aliphatic heterocycles. The normalized spacial score (nSPS) is 13.1. The van der Waals surface area contributed by atoms with Crippen LogP contribution in [-0.2, 0) is 16.4 Å². The molecule has 1 atom stereocenters. The van der Waals surface area contributed by atoms with E-state index in [-0.39, 0.29) is 29.4 Å². The van der Waals surface area contributed by atoms with Crippen LogP contribution in [0.25, 0.3) is 11.5 Å². The molecule has 0 aliphatic carbocycles. The summed E-state index contributed by atoms with van der Waals surface area (Å²) in [5.74, 6) is 1.21. The van der Waals surface area contributed by atoms with Crippen molar-refractivity contribution in [3.8, 4) is 11.5 Å². The van der Waals surface area contributed by atoms with Gasteiger partial charge in [-0.15, -0.1) is 12.4 Å². The Balaban J connectivity index is 0.00000264. The van der Waals surface area contributed by atoms with Crippen LogP contribution in [0, 0.1) is 6.92 Å². The molecule has 2 heterocycles.